The molecule has 9 heteroatoms. The lowest BCUT2D eigenvalue weighted by Gasteiger charge is -2.31. The zero-order chi connectivity index (χ0) is 25.8. The van der Waals surface area contributed by atoms with E-state index in [1.165, 1.54) is 12.1 Å². The van der Waals surface area contributed by atoms with Crippen molar-refractivity contribution in [2.75, 3.05) is 26.2 Å². The number of amides is 1. The monoisotopic (exact) mass is 513 g/mol. The molecule has 0 bridgehead atoms. The number of likely N-dealkylation sites (tertiary alicyclic amines) is 1. The van der Waals surface area contributed by atoms with Crippen LogP contribution in [0.3, 0.4) is 0 Å². The normalized spacial score (nSPS) is 18.5. The van der Waals surface area contributed by atoms with E-state index < -0.39 is 11.7 Å². The van der Waals surface area contributed by atoms with Gasteiger partial charge in [-0.25, -0.2) is 0 Å². The van der Waals surface area contributed by atoms with Gasteiger partial charge in [-0.2, -0.15) is 13.2 Å². The van der Waals surface area contributed by atoms with Crippen molar-refractivity contribution in [2.45, 2.75) is 38.1 Å². The van der Waals surface area contributed by atoms with Crippen molar-refractivity contribution >= 4 is 5.91 Å². The predicted octanol–water partition coefficient (Wildman–Crippen LogP) is 5.05. The summed E-state index contributed by atoms with van der Waals surface area (Å²) in [7, 11) is 0. The van der Waals surface area contributed by atoms with Crippen LogP contribution in [0.2, 0.25) is 0 Å². The molecule has 1 aromatic heterocycles. The average molecular weight is 514 g/mol. The van der Waals surface area contributed by atoms with Crippen LogP contribution in [0.4, 0.5) is 13.2 Å². The summed E-state index contributed by atoms with van der Waals surface area (Å²) in [6.45, 7) is 3.41. The van der Waals surface area contributed by atoms with E-state index in [0.29, 0.717) is 36.9 Å². The number of nitrogens with zero attached hydrogens (tertiary/aromatic N) is 2. The van der Waals surface area contributed by atoms with Gasteiger partial charge >= 0.3 is 6.18 Å². The van der Waals surface area contributed by atoms with E-state index >= 15 is 0 Å². The Morgan fingerprint density at radius 3 is 2.46 bits per heavy atom. The number of nitrogens with one attached hydrogen (secondary N) is 1. The van der Waals surface area contributed by atoms with Gasteiger partial charge in [0.1, 0.15) is 12.7 Å². The molecular formula is C28H30F3N3O3. The molecule has 6 nitrogen and oxygen atoms in total. The Bertz CT molecular complexity index is 1200. The summed E-state index contributed by atoms with van der Waals surface area (Å²) in [4.78, 5) is 14.9. The maximum Gasteiger partial charge on any atom is 0.416 e. The average Bonchev–Trinajstić information content (AvgIpc) is 3.36. The van der Waals surface area contributed by atoms with Crippen LogP contribution < -0.4 is 14.8 Å². The van der Waals surface area contributed by atoms with Crippen LogP contribution in [0.25, 0.3) is 5.69 Å². The molecular weight excluding hydrogens is 483 g/mol. The lowest BCUT2D eigenvalue weighted by molar-refractivity contribution is -0.137. The van der Waals surface area contributed by atoms with Crippen molar-refractivity contribution in [2.24, 2.45) is 5.92 Å². The highest BCUT2D eigenvalue weighted by Crippen LogP contribution is 2.31. The molecule has 1 saturated heterocycles. The summed E-state index contributed by atoms with van der Waals surface area (Å²) in [6.07, 6.45) is 1.69. The minimum Gasteiger partial charge on any atom is -0.486 e. The van der Waals surface area contributed by atoms with Crippen LogP contribution >= 0.6 is 0 Å². The quantitative estimate of drug-likeness (QED) is 0.480. The van der Waals surface area contributed by atoms with Gasteiger partial charge in [0.05, 0.1) is 12.1 Å². The van der Waals surface area contributed by atoms with Gasteiger partial charge in [0, 0.05) is 31.0 Å². The summed E-state index contributed by atoms with van der Waals surface area (Å²) < 4.78 is 51.8. The molecule has 1 atom stereocenters. The largest absolute Gasteiger partial charge is 0.486 e. The van der Waals surface area contributed by atoms with Gasteiger partial charge in [0.15, 0.2) is 11.5 Å². The summed E-state index contributed by atoms with van der Waals surface area (Å²) in [6, 6.07) is 14.7. The Balaban J connectivity index is 1.03. The first-order valence-electron chi connectivity index (χ1n) is 12.6. The topological polar surface area (TPSA) is 55.7 Å². The Labute approximate surface area is 214 Å². The zero-order valence-electron chi connectivity index (χ0n) is 20.4. The molecule has 3 heterocycles. The number of carbonyl (C=O) groups is 1. The maximum atomic E-state index is 12.8. The Kier molecular flexibility index (Phi) is 7.41. The van der Waals surface area contributed by atoms with Gasteiger partial charge < -0.3 is 19.4 Å². The fraction of sp³-hybridized carbons (Fsp3) is 0.393. The third-order valence-corrected chi connectivity index (χ3v) is 6.93. The molecule has 0 radical (unpaired) electrons. The van der Waals surface area contributed by atoms with Crippen LogP contribution in [0.15, 0.2) is 67.0 Å². The smallest absolute Gasteiger partial charge is 0.416 e. The van der Waals surface area contributed by atoms with E-state index in [1.807, 2.05) is 47.3 Å². The minimum atomic E-state index is -4.33. The lowest BCUT2D eigenvalue weighted by Crippen LogP contribution is -2.41. The fourth-order valence-corrected chi connectivity index (χ4v) is 4.85. The number of piperidine rings is 1. The second kappa shape index (κ2) is 10.9. The van der Waals surface area contributed by atoms with E-state index in [1.54, 1.807) is 0 Å². The number of ether oxygens (including phenoxy) is 2. The fourth-order valence-electron chi connectivity index (χ4n) is 4.85. The number of carbonyl (C=O) groups excluding carboxylic acids is 1. The van der Waals surface area contributed by atoms with Crippen molar-refractivity contribution in [3.63, 3.8) is 0 Å². The number of halogens is 3. The number of rotatable bonds is 7. The van der Waals surface area contributed by atoms with Crippen LogP contribution in [-0.4, -0.2) is 47.7 Å². The molecule has 1 unspecified atom stereocenters. The van der Waals surface area contributed by atoms with Crippen molar-refractivity contribution in [3.05, 3.63) is 78.1 Å². The third-order valence-electron chi connectivity index (χ3n) is 6.93. The second-order valence-corrected chi connectivity index (χ2v) is 9.70. The molecule has 196 valence electrons. The molecule has 37 heavy (non-hydrogen) atoms. The SMILES string of the molecule is O=C(CC1CCN(Cc2ccn(-c3ccc(C(F)(F)F)cc3)c2)CC1)NCC1COc2ccccc2O1. The Hall–Kier alpha value is -3.46. The number of para-hydroxylation sites is 2. The summed E-state index contributed by atoms with van der Waals surface area (Å²) in [5.74, 6) is 1.81. The third kappa shape index (κ3) is 6.46. The summed E-state index contributed by atoms with van der Waals surface area (Å²) in [5.41, 5.74) is 1.15. The molecule has 0 aliphatic carbocycles. The lowest BCUT2D eigenvalue weighted by atomic mass is 9.93. The van der Waals surface area contributed by atoms with E-state index in [2.05, 4.69) is 10.2 Å². The van der Waals surface area contributed by atoms with Crippen molar-refractivity contribution in [1.82, 2.24) is 14.8 Å². The molecule has 3 aromatic rings. The Morgan fingerprint density at radius 1 is 1.00 bits per heavy atom. The number of aromatic nitrogens is 1. The number of benzene rings is 2. The number of hydrogen-bond donors (Lipinski definition) is 1. The summed E-state index contributed by atoms with van der Waals surface area (Å²) >= 11 is 0. The van der Waals surface area contributed by atoms with Crippen molar-refractivity contribution in [1.29, 1.82) is 0 Å². The highest BCUT2D eigenvalue weighted by molar-refractivity contribution is 5.76. The molecule has 0 saturated carbocycles. The maximum absolute atomic E-state index is 12.8. The van der Waals surface area contributed by atoms with Crippen molar-refractivity contribution in [3.8, 4) is 17.2 Å². The van der Waals surface area contributed by atoms with Crippen LogP contribution in [0.5, 0.6) is 11.5 Å². The van der Waals surface area contributed by atoms with Gasteiger partial charge in [-0.15, -0.1) is 0 Å². The van der Waals surface area contributed by atoms with Gasteiger partial charge in [0.2, 0.25) is 5.91 Å². The number of alkyl halides is 3. The standard InChI is InChI=1S/C28H30F3N3O3/c29-28(30,31)22-5-7-23(8-6-22)34-14-11-21(18-34)17-33-12-9-20(10-13-33)15-27(35)32-16-24-19-36-25-3-1-2-4-26(25)37-24/h1-8,11,14,18,20,24H,9-10,12-13,15-17,19H2,(H,32,35). The molecule has 2 aliphatic rings. The van der Waals surface area contributed by atoms with E-state index in [0.717, 1.165) is 55.9 Å². The molecule has 0 spiro atoms. The van der Waals surface area contributed by atoms with E-state index in [4.69, 9.17) is 9.47 Å². The van der Waals surface area contributed by atoms with Crippen LogP contribution in [-0.2, 0) is 17.5 Å². The van der Waals surface area contributed by atoms with Gasteiger partial charge in [-0.05, 0) is 79.9 Å². The molecule has 1 fully saturated rings. The van der Waals surface area contributed by atoms with Crippen LogP contribution in [0, 0.1) is 5.92 Å². The van der Waals surface area contributed by atoms with Gasteiger partial charge in [-0.1, -0.05) is 12.1 Å². The number of fused-ring (bicyclic) bond motifs is 1. The van der Waals surface area contributed by atoms with E-state index in [-0.39, 0.29) is 12.0 Å². The van der Waals surface area contributed by atoms with Gasteiger partial charge in [-0.3, -0.25) is 9.69 Å². The zero-order valence-corrected chi connectivity index (χ0v) is 20.4. The van der Waals surface area contributed by atoms with Gasteiger partial charge in [0.25, 0.3) is 0 Å². The second-order valence-electron chi connectivity index (χ2n) is 9.70. The van der Waals surface area contributed by atoms with E-state index in [9.17, 15) is 18.0 Å². The molecule has 2 aromatic carbocycles. The Morgan fingerprint density at radius 2 is 1.73 bits per heavy atom. The molecule has 1 amide bonds. The molecule has 5 rings (SSSR count). The van der Waals surface area contributed by atoms with Crippen molar-refractivity contribution < 1.29 is 27.4 Å². The number of hydrogen-bond acceptors (Lipinski definition) is 4. The minimum absolute atomic E-state index is 0.0366. The molecule has 1 N–H and O–H groups in total. The highest BCUT2D eigenvalue weighted by atomic mass is 19.4. The summed E-state index contributed by atoms with van der Waals surface area (Å²) in [5, 5.41) is 2.99. The predicted molar refractivity (Wildman–Crippen MR) is 133 cm³/mol. The highest BCUT2D eigenvalue weighted by Gasteiger charge is 2.30. The molecule has 2 aliphatic heterocycles. The first-order valence-corrected chi connectivity index (χ1v) is 12.6. The first kappa shape index (κ1) is 25.2. The first-order chi connectivity index (χ1) is 17.8. The van der Waals surface area contributed by atoms with Crippen LogP contribution in [0.1, 0.15) is 30.4 Å².